The van der Waals surface area contributed by atoms with Crippen LogP contribution in [0.2, 0.25) is 0 Å². The highest BCUT2D eigenvalue weighted by Gasteiger charge is 2.15. The Bertz CT molecular complexity index is 1400. The van der Waals surface area contributed by atoms with Crippen molar-refractivity contribution in [3.05, 3.63) is 121 Å². The van der Waals surface area contributed by atoms with Gasteiger partial charge in [0.15, 0.2) is 0 Å². The van der Waals surface area contributed by atoms with Gasteiger partial charge in [0, 0.05) is 39.4 Å². The Morgan fingerprint density at radius 2 is 0.676 bits per heavy atom. The smallest absolute Gasteiger partial charge is 0.0401 e. The van der Waals surface area contributed by atoms with Crippen LogP contribution in [0, 0.1) is 0 Å². The van der Waals surface area contributed by atoms with Crippen molar-refractivity contribution < 1.29 is 0 Å². The Balaban J connectivity index is 0.000000176. The number of hydrogen-bond donors (Lipinski definition) is 4. The molecule has 8 N–H and O–H groups in total. The fraction of sp³-hybridized carbons (Fsp3) is 0.0909. The SMILES string of the molecule is CC(C)c1c(N)ccc(N)c1-c1ccccc1.Nc1ccc(N)c(-c2ccccc2)c1-c1ccccc1. The lowest BCUT2D eigenvalue weighted by Crippen LogP contribution is -2.02. The third kappa shape index (κ3) is 5.60. The second-order valence-corrected chi connectivity index (χ2v) is 9.28. The van der Waals surface area contributed by atoms with Gasteiger partial charge in [-0.2, -0.15) is 0 Å². The minimum Gasteiger partial charge on any atom is -0.398 e. The molecular formula is C33H34N4. The van der Waals surface area contributed by atoms with Crippen LogP contribution < -0.4 is 22.9 Å². The van der Waals surface area contributed by atoms with Gasteiger partial charge in [0.05, 0.1) is 0 Å². The summed E-state index contributed by atoms with van der Waals surface area (Å²) in [5.74, 6) is 0.355. The molecule has 4 nitrogen and oxygen atoms in total. The monoisotopic (exact) mass is 486 g/mol. The molecule has 0 aliphatic rings. The Labute approximate surface area is 219 Å². The van der Waals surface area contributed by atoms with Crippen molar-refractivity contribution in [3.8, 4) is 33.4 Å². The van der Waals surface area contributed by atoms with Gasteiger partial charge < -0.3 is 22.9 Å². The lowest BCUT2D eigenvalue weighted by molar-refractivity contribution is 0.873. The molecule has 0 spiro atoms. The molecule has 0 bridgehead atoms. The highest BCUT2D eigenvalue weighted by Crippen LogP contribution is 2.40. The minimum atomic E-state index is 0.355. The fourth-order valence-corrected chi connectivity index (χ4v) is 4.67. The van der Waals surface area contributed by atoms with Crippen molar-refractivity contribution in [3.63, 3.8) is 0 Å². The molecule has 0 heterocycles. The molecule has 0 amide bonds. The highest BCUT2D eigenvalue weighted by molar-refractivity contribution is 5.97. The van der Waals surface area contributed by atoms with Crippen LogP contribution >= 0.6 is 0 Å². The van der Waals surface area contributed by atoms with Crippen molar-refractivity contribution in [2.45, 2.75) is 19.8 Å². The second-order valence-electron chi connectivity index (χ2n) is 9.28. The van der Waals surface area contributed by atoms with Gasteiger partial charge in [-0.1, -0.05) is 105 Å². The van der Waals surface area contributed by atoms with Crippen molar-refractivity contribution >= 4 is 22.7 Å². The van der Waals surface area contributed by atoms with Crippen LogP contribution in [0.15, 0.2) is 115 Å². The van der Waals surface area contributed by atoms with E-state index in [2.05, 4.69) is 50.2 Å². The van der Waals surface area contributed by atoms with E-state index in [0.29, 0.717) is 5.92 Å². The third-order valence-corrected chi connectivity index (χ3v) is 6.35. The molecular weight excluding hydrogens is 452 g/mol. The normalized spacial score (nSPS) is 10.6. The van der Waals surface area contributed by atoms with Crippen LogP contribution in [-0.2, 0) is 0 Å². The summed E-state index contributed by atoms with van der Waals surface area (Å²) in [4.78, 5) is 0. The van der Waals surface area contributed by atoms with Crippen LogP contribution in [0.4, 0.5) is 22.7 Å². The number of benzene rings is 5. The first-order valence-corrected chi connectivity index (χ1v) is 12.4. The molecule has 5 aromatic carbocycles. The zero-order chi connectivity index (χ0) is 26.4. The first kappa shape index (κ1) is 25.4. The van der Waals surface area contributed by atoms with Crippen LogP contribution in [0.1, 0.15) is 25.3 Å². The number of nitrogens with two attached hydrogens (primary N) is 4. The number of hydrogen-bond acceptors (Lipinski definition) is 4. The first-order valence-electron chi connectivity index (χ1n) is 12.4. The minimum absolute atomic E-state index is 0.355. The zero-order valence-electron chi connectivity index (χ0n) is 21.4. The summed E-state index contributed by atoms with van der Waals surface area (Å²) in [6, 6.07) is 37.9. The summed E-state index contributed by atoms with van der Waals surface area (Å²) in [5, 5.41) is 0. The van der Waals surface area contributed by atoms with Gasteiger partial charge in [0.1, 0.15) is 0 Å². The maximum absolute atomic E-state index is 6.20. The van der Waals surface area contributed by atoms with Crippen molar-refractivity contribution in [1.29, 1.82) is 0 Å². The second kappa shape index (κ2) is 11.4. The molecule has 0 aliphatic heterocycles. The quantitative estimate of drug-likeness (QED) is 0.194. The van der Waals surface area contributed by atoms with Gasteiger partial charge >= 0.3 is 0 Å². The maximum Gasteiger partial charge on any atom is 0.0401 e. The molecule has 0 atom stereocenters. The predicted octanol–water partition coefficient (Wildman–Crippen LogP) is 7.83. The van der Waals surface area contributed by atoms with E-state index in [1.165, 1.54) is 0 Å². The maximum atomic E-state index is 6.20. The number of nitrogen functional groups attached to an aromatic ring is 4. The summed E-state index contributed by atoms with van der Waals surface area (Å²) in [6.07, 6.45) is 0. The molecule has 186 valence electrons. The van der Waals surface area contributed by atoms with Gasteiger partial charge in [-0.25, -0.2) is 0 Å². The van der Waals surface area contributed by atoms with E-state index >= 15 is 0 Å². The van der Waals surface area contributed by atoms with E-state index in [1.807, 2.05) is 78.9 Å². The van der Waals surface area contributed by atoms with Crippen molar-refractivity contribution in [1.82, 2.24) is 0 Å². The lowest BCUT2D eigenvalue weighted by Gasteiger charge is -2.18. The fourth-order valence-electron chi connectivity index (χ4n) is 4.67. The van der Waals surface area contributed by atoms with Crippen molar-refractivity contribution in [2.75, 3.05) is 22.9 Å². The number of anilines is 4. The highest BCUT2D eigenvalue weighted by atomic mass is 14.6. The van der Waals surface area contributed by atoms with Gasteiger partial charge in [0.2, 0.25) is 0 Å². The van der Waals surface area contributed by atoms with E-state index in [9.17, 15) is 0 Å². The summed E-state index contributed by atoms with van der Waals surface area (Å²) in [7, 11) is 0. The molecule has 0 fully saturated rings. The van der Waals surface area contributed by atoms with Crippen LogP contribution in [-0.4, -0.2) is 0 Å². The molecule has 0 aliphatic carbocycles. The summed E-state index contributed by atoms with van der Waals surface area (Å²) in [6.45, 7) is 4.27. The van der Waals surface area contributed by atoms with Gasteiger partial charge in [-0.15, -0.1) is 0 Å². The van der Waals surface area contributed by atoms with Gasteiger partial charge in [0.25, 0.3) is 0 Å². The van der Waals surface area contributed by atoms with E-state index in [-0.39, 0.29) is 0 Å². The average Bonchev–Trinajstić information content (AvgIpc) is 2.92. The molecule has 5 aromatic rings. The molecule has 0 saturated carbocycles. The molecule has 0 aromatic heterocycles. The standard InChI is InChI=1S/C18H16N2.C15H18N2/c19-15-11-12-16(20)18(14-9-5-2-6-10-14)17(15)13-7-3-1-4-8-13;1-10(2)14-12(16)8-9-13(17)15(14)11-6-4-3-5-7-11/h1-12H,19-20H2;3-10H,16-17H2,1-2H3. The number of rotatable bonds is 4. The Hall–Kier alpha value is -4.70. The topological polar surface area (TPSA) is 104 Å². The summed E-state index contributed by atoms with van der Waals surface area (Å²) >= 11 is 0. The van der Waals surface area contributed by atoms with E-state index < -0.39 is 0 Å². The Kier molecular flexibility index (Phi) is 7.80. The average molecular weight is 487 g/mol. The van der Waals surface area contributed by atoms with Crippen LogP contribution in [0.3, 0.4) is 0 Å². The summed E-state index contributed by atoms with van der Waals surface area (Å²) < 4.78 is 0. The molecule has 4 heteroatoms. The van der Waals surface area contributed by atoms with E-state index in [4.69, 9.17) is 22.9 Å². The third-order valence-electron chi connectivity index (χ3n) is 6.35. The Morgan fingerprint density at radius 3 is 1.03 bits per heavy atom. The molecule has 0 radical (unpaired) electrons. The molecule has 37 heavy (non-hydrogen) atoms. The predicted molar refractivity (Wildman–Crippen MR) is 161 cm³/mol. The zero-order valence-corrected chi connectivity index (χ0v) is 21.4. The first-order chi connectivity index (χ1) is 17.9. The van der Waals surface area contributed by atoms with Crippen molar-refractivity contribution in [2.24, 2.45) is 0 Å². The van der Waals surface area contributed by atoms with Crippen LogP contribution in [0.5, 0.6) is 0 Å². The molecule has 0 saturated heterocycles. The lowest BCUT2D eigenvalue weighted by atomic mass is 9.90. The van der Waals surface area contributed by atoms with E-state index in [1.54, 1.807) is 0 Å². The molecule has 5 rings (SSSR count). The van der Waals surface area contributed by atoms with Crippen LogP contribution in [0.25, 0.3) is 33.4 Å². The largest absolute Gasteiger partial charge is 0.398 e. The van der Waals surface area contributed by atoms with E-state index in [0.717, 1.165) is 61.7 Å². The van der Waals surface area contributed by atoms with Gasteiger partial charge in [-0.05, 0) is 52.4 Å². The molecule has 0 unspecified atom stereocenters. The summed E-state index contributed by atoms with van der Waals surface area (Å²) in [5.41, 5.74) is 35.1. The van der Waals surface area contributed by atoms with Gasteiger partial charge in [-0.3, -0.25) is 0 Å². The Morgan fingerprint density at radius 1 is 0.378 bits per heavy atom.